The molecule has 1 aliphatic heterocycles. The zero-order chi connectivity index (χ0) is 25.1. The van der Waals surface area contributed by atoms with E-state index in [0.717, 1.165) is 31.2 Å². The van der Waals surface area contributed by atoms with Crippen molar-refractivity contribution in [3.05, 3.63) is 35.9 Å². The van der Waals surface area contributed by atoms with Crippen LogP contribution in [0, 0.1) is 5.92 Å². The molecule has 0 radical (unpaired) electrons. The Morgan fingerprint density at radius 1 is 0.971 bits per heavy atom. The number of hydrogen-bond acceptors (Lipinski definition) is 4. The number of carbonyl (C=O) groups is 4. The molecule has 2 rings (SSSR count). The molecular formula is C26H40N4O4. The summed E-state index contributed by atoms with van der Waals surface area (Å²) in [5.74, 6) is -0.949. The number of nitrogens with one attached hydrogen (secondary N) is 3. The first-order chi connectivity index (χ1) is 16.2. The Morgan fingerprint density at radius 3 is 2.29 bits per heavy atom. The van der Waals surface area contributed by atoms with E-state index in [1.807, 2.05) is 44.2 Å². The topological polar surface area (TPSA) is 108 Å². The number of nitrogens with zero attached hydrogens (tertiary/aromatic N) is 1. The predicted octanol–water partition coefficient (Wildman–Crippen LogP) is 2.17. The summed E-state index contributed by atoms with van der Waals surface area (Å²) in [5.41, 5.74) is 0.939. The molecule has 1 fully saturated rings. The van der Waals surface area contributed by atoms with Crippen LogP contribution in [0.25, 0.3) is 0 Å². The predicted molar refractivity (Wildman–Crippen MR) is 132 cm³/mol. The van der Waals surface area contributed by atoms with Crippen LogP contribution < -0.4 is 16.0 Å². The van der Waals surface area contributed by atoms with E-state index in [9.17, 15) is 19.2 Å². The summed E-state index contributed by atoms with van der Waals surface area (Å²) < 4.78 is 0. The summed E-state index contributed by atoms with van der Waals surface area (Å²) >= 11 is 0. The fourth-order valence-corrected chi connectivity index (χ4v) is 4.18. The molecule has 8 nitrogen and oxygen atoms in total. The third kappa shape index (κ3) is 8.80. The number of benzene rings is 1. The zero-order valence-electron chi connectivity index (χ0n) is 20.9. The molecule has 1 heterocycles. The van der Waals surface area contributed by atoms with Gasteiger partial charge >= 0.3 is 0 Å². The van der Waals surface area contributed by atoms with Gasteiger partial charge in [-0.3, -0.25) is 19.2 Å². The van der Waals surface area contributed by atoms with E-state index >= 15 is 0 Å². The van der Waals surface area contributed by atoms with Gasteiger partial charge in [0.15, 0.2) is 0 Å². The Hall–Kier alpha value is -2.90. The van der Waals surface area contributed by atoms with Gasteiger partial charge in [-0.1, -0.05) is 57.0 Å². The largest absolute Gasteiger partial charge is 0.354 e. The van der Waals surface area contributed by atoms with Crippen molar-refractivity contribution in [1.82, 2.24) is 20.9 Å². The summed E-state index contributed by atoms with van der Waals surface area (Å²) in [7, 11) is 0. The van der Waals surface area contributed by atoms with Gasteiger partial charge in [-0.05, 0) is 37.7 Å². The molecule has 3 atom stereocenters. The third-order valence-electron chi connectivity index (χ3n) is 6.07. The third-order valence-corrected chi connectivity index (χ3v) is 6.07. The smallest absolute Gasteiger partial charge is 0.243 e. The van der Waals surface area contributed by atoms with Crippen LogP contribution in [0.1, 0.15) is 65.4 Å². The fraction of sp³-hybridized carbons (Fsp3) is 0.615. The summed E-state index contributed by atoms with van der Waals surface area (Å²) in [6.07, 6.45) is 4.24. The first-order valence-electron chi connectivity index (χ1n) is 12.4. The minimum absolute atomic E-state index is 0.168. The van der Waals surface area contributed by atoms with E-state index in [4.69, 9.17) is 0 Å². The van der Waals surface area contributed by atoms with Gasteiger partial charge in [0.2, 0.25) is 23.6 Å². The Bertz CT molecular complexity index is 827. The van der Waals surface area contributed by atoms with Crippen LogP contribution >= 0.6 is 0 Å². The second-order valence-electron chi connectivity index (χ2n) is 9.54. The molecule has 8 heteroatoms. The maximum atomic E-state index is 13.3. The standard InChI is InChI=1S/C26H40N4O4/c1-18(2)16-22-25(33)27-14-10-5-6-11-15-30(20(4)31)23(17-21-12-8-7-9-13-21)26(34)28-19(3)24(32)29-22/h7-9,12-13,18-19,22-23H,5-6,10-11,14-17H2,1-4H3,(H,27,33)(H,28,34)(H,29,32)/t19-,22-,23-/m0/s1. The molecule has 1 saturated heterocycles. The van der Waals surface area contributed by atoms with Gasteiger partial charge in [0.1, 0.15) is 18.1 Å². The van der Waals surface area contributed by atoms with Crippen LogP contribution in [-0.2, 0) is 25.6 Å². The van der Waals surface area contributed by atoms with Crippen LogP contribution in [0.15, 0.2) is 30.3 Å². The first kappa shape index (κ1) is 27.3. The Morgan fingerprint density at radius 2 is 1.65 bits per heavy atom. The lowest BCUT2D eigenvalue weighted by Crippen LogP contribution is -2.57. The highest BCUT2D eigenvalue weighted by molar-refractivity contribution is 5.94. The molecule has 4 amide bonds. The summed E-state index contributed by atoms with van der Waals surface area (Å²) in [5, 5.41) is 8.50. The van der Waals surface area contributed by atoms with Gasteiger partial charge in [-0.25, -0.2) is 0 Å². The molecule has 0 aliphatic carbocycles. The Labute approximate surface area is 203 Å². The molecule has 1 aliphatic rings. The normalized spacial score (nSPS) is 23.7. The second kappa shape index (κ2) is 13.7. The number of hydrogen-bond donors (Lipinski definition) is 3. The molecule has 1 aromatic carbocycles. The summed E-state index contributed by atoms with van der Waals surface area (Å²) in [6.45, 7) is 8.07. The van der Waals surface area contributed by atoms with Crippen molar-refractivity contribution in [1.29, 1.82) is 0 Å². The molecule has 3 N–H and O–H groups in total. The number of amides is 4. The molecule has 0 aromatic heterocycles. The minimum atomic E-state index is -0.852. The van der Waals surface area contributed by atoms with E-state index < -0.39 is 24.0 Å². The minimum Gasteiger partial charge on any atom is -0.354 e. The van der Waals surface area contributed by atoms with Gasteiger partial charge in [0.05, 0.1) is 0 Å². The lowest BCUT2D eigenvalue weighted by molar-refractivity contribution is -0.140. The average molecular weight is 473 g/mol. The van der Waals surface area contributed by atoms with Crippen LogP contribution in [0.3, 0.4) is 0 Å². The van der Waals surface area contributed by atoms with Crippen LogP contribution in [0.4, 0.5) is 0 Å². The molecule has 0 unspecified atom stereocenters. The molecule has 1 aromatic rings. The summed E-state index contributed by atoms with van der Waals surface area (Å²) in [4.78, 5) is 53.0. The van der Waals surface area contributed by atoms with Crippen molar-refractivity contribution >= 4 is 23.6 Å². The molecule has 188 valence electrons. The average Bonchev–Trinajstić information content (AvgIpc) is 2.78. The van der Waals surface area contributed by atoms with Gasteiger partial charge in [-0.2, -0.15) is 0 Å². The highest BCUT2D eigenvalue weighted by atomic mass is 16.2. The van der Waals surface area contributed by atoms with Crippen molar-refractivity contribution < 1.29 is 19.2 Å². The van der Waals surface area contributed by atoms with E-state index in [-0.39, 0.29) is 23.6 Å². The quantitative estimate of drug-likeness (QED) is 0.624. The van der Waals surface area contributed by atoms with Crippen molar-refractivity contribution in [3.63, 3.8) is 0 Å². The van der Waals surface area contributed by atoms with Crippen LogP contribution in [0.5, 0.6) is 0 Å². The molecule has 0 bridgehead atoms. The number of rotatable bonds is 4. The molecule has 0 spiro atoms. The van der Waals surface area contributed by atoms with E-state index in [1.54, 1.807) is 11.8 Å². The monoisotopic (exact) mass is 472 g/mol. The maximum Gasteiger partial charge on any atom is 0.243 e. The van der Waals surface area contributed by atoms with E-state index in [1.165, 1.54) is 6.92 Å². The lowest BCUT2D eigenvalue weighted by Gasteiger charge is -2.31. The Kier molecular flexibility index (Phi) is 11.0. The van der Waals surface area contributed by atoms with Gasteiger partial charge in [0, 0.05) is 26.4 Å². The van der Waals surface area contributed by atoms with Gasteiger partial charge in [-0.15, -0.1) is 0 Å². The first-order valence-corrected chi connectivity index (χ1v) is 12.4. The molecular weight excluding hydrogens is 432 g/mol. The highest BCUT2D eigenvalue weighted by Crippen LogP contribution is 2.13. The fourth-order valence-electron chi connectivity index (χ4n) is 4.18. The maximum absolute atomic E-state index is 13.3. The van der Waals surface area contributed by atoms with Crippen molar-refractivity contribution in [2.45, 2.75) is 84.3 Å². The highest BCUT2D eigenvalue weighted by Gasteiger charge is 2.31. The van der Waals surface area contributed by atoms with Crippen LogP contribution in [0.2, 0.25) is 0 Å². The zero-order valence-corrected chi connectivity index (χ0v) is 20.9. The summed E-state index contributed by atoms with van der Waals surface area (Å²) in [6, 6.07) is 7.32. The van der Waals surface area contributed by atoms with Crippen LogP contribution in [-0.4, -0.2) is 59.7 Å². The van der Waals surface area contributed by atoms with E-state index in [2.05, 4.69) is 16.0 Å². The Balaban J connectivity index is 2.27. The number of carbonyl (C=O) groups excluding carboxylic acids is 4. The van der Waals surface area contributed by atoms with Gasteiger partial charge < -0.3 is 20.9 Å². The van der Waals surface area contributed by atoms with E-state index in [0.29, 0.717) is 25.9 Å². The van der Waals surface area contributed by atoms with Crippen molar-refractivity contribution in [2.75, 3.05) is 13.1 Å². The molecule has 0 saturated carbocycles. The van der Waals surface area contributed by atoms with Gasteiger partial charge in [0.25, 0.3) is 0 Å². The molecule has 34 heavy (non-hydrogen) atoms. The SMILES string of the molecule is CC(=O)N1CCCCCCNC(=O)[C@H](CC(C)C)NC(=O)[C@H](C)NC(=O)[C@@H]1Cc1ccccc1. The lowest BCUT2D eigenvalue weighted by atomic mass is 10.0. The van der Waals surface area contributed by atoms with Crippen molar-refractivity contribution in [2.24, 2.45) is 5.92 Å². The second-order valence-corrected chi connectivity index (χ2v) is 9.54. The van der Waals surface area contributed by atoms with Crippen molar-refractivity contribution in [3.8, 4) is 0 Å².